The van der Waals surface area contributed by atoms with Crippen molar-refractivity contribution in [1.29, 1.82) is 0 Å². The van der Waals surface area contributed by atoms with Crippen molar-refractivity contribution in [2.75, 3.05) is 38.1 Å². The number of aromatic nitrogens is 1. The molecule has 0 saturated carbocycles. The van der Waals surface area contributed by atoms with Gasteiger partial charge in [-0.3, -0.25) is 4.79 Å². The number of carbonyl (C=O) groups excluding carboxylic acids is 1. The highest BCUT2D eigenvalue weighted by molar-refractivity contribution is 7.89. The molecule has 12 heteroatoms. The minimum Gasteiger partial charge on any atom is -0.352 e. The highest BCUT2D eigenvalue weighted by Crippen LogP contribution is 2.34. The number of hydrogen-bond acceptors (Lipinski definition) is 5. The van der Waals surface area contributed by atoms with E-state index in [2.05, 4.69) is 9.71 Å². The number of benzene rings is 1. The molecule has 1 saturated heterocycles. The first-order valence-electron chi connectivity index (χ1n) is 9.67. The Balaban J connectivity index is 1.77. The summed E-state index contributed by atoms with van der Waals surface area (Å²) in [6, 6.07) is 3.84. The molecule has 1 aromatic carbocycles. The molecule has 0 spiro atoms. The summed E-state index contributed by atoms with van der Waals surface area (Å²) in [5.74, 6) is -0.105. The SMILES string of the molecule is CNS(=O)(=O)c1cc(C(=O)N2CCN(c3ncc(C(F)(F)F)cc3Cl)CC2)cc(C)c1C. The van der Waals surface area contributed by atoms with Gasteiger partial charge in [-0.25, -0.2) is 18.1 Å². The summed E-state index contributed by atoms with van der Waals surface area (Å²) in [4.78, 5) is 20.2. The Morgan fingerprint density at radius 1 is 1.12 bits per heavy atom. The number of halogens is 4. The highest BCUT2D eigenvalue weighted by atomic mass is 35.5. The molecule has 1 amide bonds. The minimum absolute atomic E-state index is 0.0442. The first-order valence-corrected chi connectivity index (χ1v) is 11.5. The summed E-state index contributed by atoms with van der Waals surface area (Å²) in [5, 5.41) is -0.115. The van der Waals surface area contributed by atoms with Crippen molar-refractivity contribution >= 4 is 33.3 Å². The number of alkyl halides is 3. The lowest BCUT2D eigenvalue weighted by Gasteiger charge is -2.36. The van der Waals surface area contributed by atoms with Gasteiger partial charge in [0.15, 0.2) is 0 Å². The van der Waals surface area contributed by atoms with Crippen molar-refractivity contribution in [3.8, 4) is 0 Å². The summed E-state index contributed by atoms with van der Waals surface area (Å²) >= 11 is 6.02. The number of rotatable bonds is 4. The van der Waals surface area contributed by atoms with E-state index in [9.17, 15) is 26.4 Å². The molecule has 2 heterocycles. The number of nitrogens with one attached hydrogen (secondary N) is 1. The van der Waals surface area contributed by atoms with Crippen LogP contribution < -0.4 is 9.62 Å². The third-order valence-corrected chi connectivity index (χ3v) is 7.26. The quantitative estimate of drug-likeness (QED) is 0.711. The smallest absolute Gasteiger partial charge is 0.352 e. The van der Waals surface area contributed by atoms with Gasteiger partial charge < -0.3 is 9.80 Å². The molecule has 0 atom stereocenters. The third kappa shape index (κ3) is 4.84. The van der Waals surface area contributed by atoms with Crippen LogP contribution in [0, 0.1) is 13.8 Å². The molecule has 2 aromatic rings. The predicted molar refractivity (Wildman–Crippen MR) is 115 cm³/mol. The van der Waals surface area contributed by atoms with Gasteiger partial charge in [-0.1, -0.05) is 11.6 Å². The first-order chi connectivity index (χ1) is 14.8. The van der Waals surface area contributed by atoms with Gasteiger partial charge in [0.2, 0.25) is 10.0 Å². The number of nitrogens with zero attached hydrogens (tertiary/aromatic N) is 3. The Labute approximate surface area is 189 Å². The predicted octanol–water partition coefficient (Wildman–Crippen LogP) is 3.24. The van der Waals surface area contributed by atoms with Crippen LogP contribution in [0.4, 0.5) is 19.0 Å². The van der Waals surface area contributed by atoms with Gasteiger partial charge in [0.25, 0.3) is 5.91 Å². The number of anilines is 1. The molecule has 7 nitrogen and oxygen atoms in total. The largest absolute Gasteiger partial charge is 0.417 e. The lowest BCUT2D eigenvalue weighted by Crippen LogP contribution is -2.49. The van der Waals surface area contributed by atoms with Gasteiger partial charge in [-0.2, -0.15) is 13.2 Å². The normalized spacial score (nSPS) is 15.2. The highest BCUT2D eigenvalue weighted by Gasteiger charge is 2.32. The van der Waals surface area contributed by atoms with Gasteiger partial charge in [0, 0.05) is 37.9 Å². The van der Waals surface area contributed by atoms with Crippen LogP contribution in [0.1, 0.15) is 27.0 Å². The van der Waals surface area contributed by atoms with Crippen LogP contribution in [0.15, 0.2) is 29.3 Å². The lowest BCUT2D eigenvalue weighted by atomic mass is 10.0. The standard InChI is InChI=1S/C20H22ClF3N4O3S/c1-12-8-14(9-17(13(12)2)32(30,31)25-3)19(29)28-6-4-27(5-7-28)18-16(21)10-15(11-26-18)20(22,23)24/h8-11,25H,4-7H2,1-3H3. The molecular weight excluding hydrogens is 469 g/mol. The maximum atomic E-state index is 13.0. The Morgan fingerprint density at radius 3 is 2.28 bits per heavy atom. The first kappa shape index (κ1) is 24.3. The lowest BCUT2D eigenvalue weighted by molar-refractivity contribution is -0.137. The molecule has 0 bridgehead atoms. The Bertz CT molecular complexity index is 1150. The van der Waals surface area contributed by atoms with E-state index >= 15 is 0 Å². The second-order valence-corrected chi connectivity index (χ2v) is 9.69. The minimum atomic E-state index is -4.54. The molecule has 1 N–H and O–H groups in total. The monoisotopic (exact) mass is 490 g/mol. The maximum Gasteiger partial charge on any atom is 0.417 e. The van der Waals surface area contributed by atoms with Crippen LogP contribution in [0.25, 0.3) is 0 Å². The van der Waals surface area contributed by atoms with Gasteiger partial charge in [-0.15, -0.1) is 0 Å². The number of amides is 1. The van der Waals surface area contributed by atoms with E-state index < -0.39 is 21.8 Å². The van der Waals surface area contributed by atoms with Crippen LogP contribution in [0.2, 0.25) is 5.02 Å². The zero-order valence-corrected chi connectivity index (χ0v) is 19.2. The van der Waals surface area contributed by atoms with Gasteiger partial charge in [0.1, 0.15) is 5.82 Å². The van der Waals surface area contributed by atoms with Crippen molar-refractivity contribution in [3.05, 3.63) is 51.7 Å². The second-order valence-electron chi connectivity index (χ2n) is 7.43. The van der Waals surface area contributed by atoms with Crippen LogP contribution in [-0.4, -0.2) is 57.4 Å². The van der Waals surface area contributed by atoms with Gasteiger partial charge in [0.05, 0.1) is 15.5 Å². The van der Waals surface area contributed by atoms with E-state index in [1.165, 1.54) is 13.1 Å². The van der Waals surface area contributed by atoms with Crippen molar-refractivity contribution < 1.29 is 26.4 Å². The van der Waals surface area contributed by atoms with Crippen LogP contribution in [0.5, 0.6) is 0 Å². The maximum absolute atomic E-state index is 13.0. The van der Waals surface area contributed by atoms with Crippen LogP contribution in [-0.2, 0) is 16.2 Å². The molecule has 0 unspecified atom stereocenters. The number of hydrogen-bond donors (Lipinski definition) is 1. The summed E-state index contributed by atoms with van der Waals surface area (Å²) in [6.07, 6.45) is -3.80. The van der Waals surface area contributed by atoms with Gasteiger partial charge in [-0.05, 0) is 50.2 Å². The van der Waals surface area contributed by atoms with Crippen molar-refractivity contribution in [2.45, 2.75) is 24.9 Å². The van der Waals surface area contributed by atoms with Crippen LogP contribution in [0.3, 0.4) is 0 Å². The number of aryl methyl sites for hydroxylation is 1. The van der Waals surface area contributed by atoms with E-state index in [1.54, 1.807) is 29.7 Å². The van der Waals surface area contributed by atoms with Crippen molar-refractivity contribution in [1.82, 2.24) is 14.6 Å². The zero-order valence-electron chi connectivity index (χ0n) is 17.6. The van der Waals surface area contributed by atoms with E-state index in [0.29, 0.717) is 24.2 Å². The van der Waals surface area contributed by atoms with Crippen molar-refractivity contribution in [2.24, 2.45) is 0 Å². The number of carbonyl (C=O) groups is 1. The van der Waals surface area contributed by atoms with Crippen molar-refractivity contribution in [3.63, 3.8) is 0 Å². The van der Waals surface area contributed by atoms with E-state index in [1.807, 2.05) is 0 Å². The fourth-order valence-electron chi connectivity index (χ4n) is 3.46. The Kier molecular flexibility index (Phi) is 6.73. The molecule has 1 aliphatic rings. The molecule has 0 radical (unpaired) electrons. The van der Waals surface area contributed by atoms with E-state index in [0.717, 1.165) is 12.3 Å². The molecule has 1 aliphatic heterocycles. The molecule has 174 valence electrons. The molecule has 3 rings (SSSR count). The second kappa shape index (κ2) is 8.87. The average Bonchev–Trinajstić information content (AvgIpc) is 2.74. The summed E-state index contributed by atoms with van der Waals surface area (Å²) in [5.41, 5.74) is 0.552. The Morgan fingerprint density at radius 2 is 1.75 bits per heavy atom. The zero-order chi connectivity index (χ0) is 23.8. The summed E-state index contributed by atoms with van der Waals surface area (Å²) < 4.78 is 65.4. The molecule has 32 heavy (non-hydrogen) atoms. The third-order valence-electron chi connectivity index (χ3n) is 5.44. The molecule has 1 aromatic heterocycles. The molecular formula is C20H22ClF3N4O3S. The average molecular weight is 491 g/mol. The number of pyridine rings is 1. The topological polar surface area (TPSA) is 82.6 Å². The van der Waals surface area contributed by atoms with E-state index in [-0.39, 0.29) is 40.3 Å². The fraction of sp³-hybridized carbons (Fsp3) is 0.400. The summed E-state index contributed by atoms with van der Waals surface area (Å²) in [6.45, 7) is 4.59. The molecule has 1 fully saturated rings. The fourth-order valence-corrected chi connectivity index (χ4v) is 4.81. The number of sulfonamides is 1. The van der Waals surface area contributed by atoms with Crippen LogP contribution >= 0.6 is 11.6 Å². The van der Waals surface area contributed by atoms with E-state index in [4.69, 9.17) is 11.6 Å². The Hall–Kier alpha value is -2.37. The molecule has 0 aliphatic carbocycles. The number of piperazine rings is 1. The van der Waals surface area contributed by atoms with Gasteiger partial charge >= 0.3 is 6.18 Å². The summed E-state index contributed by atoms with van der Waals surface area (Å²) in [7, 11) is -2.43.